The molecule has 0 saturated carbocycles. The summed E-state index contributed by atoms with van der Waals surface area (Å²) in [4.78, 5) is 0. The van der Waals surface area contributed by atoms with E-state index in [4.69, 9.17) is 5.73 Å². The zero-order valence-electron chi connectivity index (χ0n) is 9.33. The Morgan fingerprint density at radius 3 is 2.93 bits per heavy atom. The van der Waals surface area contributed by atoms with Gasteiger partial charge >= 0.3 is 0 Å². The fourth-order valence-corrected chi connectivity index (χ4v) is 2.06. The molecular weight excluding hydrogens is 186 g/mol. The lowest BCUT2D eigenvalue weighted by Gasteiger charge is -1.98. The van der Waals surface area contributed by atoms with E-state index >= 15 is 0 Å². The Balaban J connectivity index is 2.53. The van der Waals surface area contributed by atoms with E-state index in [0.717, 1.165) is 19.4 Å². The van der Waals surface area contributed by atoms with Crippen molar-refractivity contribution >= 4 is 10.9 Å². The summed E-state index contributed by atoms with van der Waals surface area (Å²) in [6.07, 6.45) is 1.97. The van der Waals surface area contributed by atoms with Gasteiger partial charge in [0.2, 0.25) is 0 Å². The van der Waals surface area contributed by atoms with Gasteiger partial charge in [-0.3, -0.25) is 4.68 Å². The van der Waals surface area contributed by atoms with Gasteiger partial charge in [-0.05, 0) is 31.9 Å². The van der Waals surface area contributed by atoms with Crippen LogP contribution in [0, 0.1) is 6.92 Å². The average molecular weight is 203 g/mol. The number of hydrogen-bond acceptors (Lipinski definition) is 2. The molecule has 1 heterocycles. The van der Waals surface area contributed by atoms with Gasteiger partial charge in [0.1, 0.15) is 0 Å². The third-order valence-corrected chi connectivity index (χ3v) is 2.76. The Bertz CT molecular complexity index is 471. The molecule has 0 fully saturated rings. The minimum atomic E-state index is 0.726. The fraction of sp³-hybridized carbons (Fsp3) is 0.417. The lowest BCUT2D eigenvalue weighted by Crippen LogP contribution is -2.01. The maximum Gasteiger partial charge on any atom is 0.0711 e. The molecule has 0 unspecified atom stereocenters. The number of aryl methyl sites for hydroxylation is 3. The van der Waals surface area contributed by atoms with Crippen LogP contribution in [0.4, 0.5) is 0 Å². The van der Waals surface area contributed by atoms with E-state index in [2.05, 4.69) is 30.2 Å². The standard InChI is InChI=1S/C12H17N3/c1-9-5-3-6-10-11(7-4-8-13)14-15(2)12(9)10/h3,5-6H,4,7-8,13H2,1-2H3. The molecule has 1 aromatic carbocycles. The second-order valence-electron chi connectivity index (χ2n) is 3.93. The molecule has 0 spiro atoms. The third-order valence-electron chi connectivity index (χ3n) is 2.76. The van der Waals surface area contributed by atoms with Gasteiger partial charge in [0, 0.05) is 12.4 Å². The molecular formula is C12H17N3. The first kappa shape index (κ1) is 10.2. The lowest BCUT2D eigenvalue weighted by atomic mass is 10.1. The van der Waals surface area contributed by atoms with Crippen LogP contribution in [0.15, 0.2) is 18.2 Å². The second kappa shape index (κ2) is 4.03. The minimum absolute atomic E-state index is 0.726. The van der Waals surface area contributed by atoms with Crippen molar-refractivity contribution in [2.24, 2.45) is 12.8 Å². The fourth-order valence-electron chi connectivity index (χ4n) is 2.06. The molecule has 3 nitrogen and oxygen atoms in total. The van der Waals surface area contributed by atoms with Crippen LogP contribution in [0.1, 0.15) is 17.7 Å². The topological polar surface area (TPSA) is 43.8 Å². The Hall–Kier alpha value is -1.35. The highest BCUT2D eigenvalue weighted by atomic mass is 15.3. The molecule has 0 aliphatic rings. The maximum absolute atomic E-state index is 5.52. The minimum Gasteiger partial charge on any atom is -0.330 e. The van der Waals surface area contributed by atoms with Crippen LogP contribution in [0.3, 0.4) is 0 Å². The van der Waals surface area contributed by atoms with Gasteiger partial charge in [-0.2, -0.15) is 5.10 Å². The van der Waals surface area contributed by atoms with Crippen LogP contribution >= 0.6 is 0 Å². The van der Waals surface area contributed by atoms with E-state index in [0.29, 0.717) is 0 Å². The summed E-state index contributed by atoms with van der Waals surface area (Å²) in [5, 5.41) is 5.82. The predicted octanol–water partition coefficient (Wildman–Crippen LogP) is 1.77. The molecule has 0 saturated heterocycles. The molecule has 2 aromatic rings. The molecule has 1 aromatic heterocycles. The van der Waals surface area contributed by atoms with E-state index in [1.807, 2.05) is 11.7 Å². The van der Waals surface area contributed by atoms with Crippen molar-refractivity contribution < 1.29 is 0 Å². The van der Waals surface area contributed by atoms with Crippen LogP contribution in [-0.2, 0) is 13.5 Å². The Labute approximate surface area is 89.9 Å². The van der Waals surface area contributed by atoms with E-state index in [9.17, 15) is 0 Å². The van der Waals surface area contributed by atoms with Gasteiger partial charge in [-0.15, -0.1) is 0 Å². The highest BCUT2D eigenvalue weighted by Crippen LogP contribution is 2.21. The normalized spacial score (nSPS) is 11.1. The molecule has 0 radical (unpaired) electrons. The molecule has 0 bridgehead atoms. The van der Waals surface area contributed by atoms with Crippen molar-refractivity contribution in [2.45, 2.75) is 19.8 Å². The average Bonchev–Trinajstić information content (AvgIpc) is 2.54. The van der Waals surface area contributed by atoms with E-state index < -0.39 is 0 Å². The zero-order valence-corrected chi connectivity index (χ0v) is 9.33. The van der Waals surface area contributed by atoms with Crippen LogP contribution in [-0.4, -0.2) is 16.3 Å². The first-order valence-electron chi connectivity index (χ1n) is 5.35. The molecule has 2 rings (SSSR count). The number of hydrogen-bond donors (Lipinski definition) is 1. The number of fused-ring (bicyclic) bond motifs is 1. The Morgan fingerprint density at radius 1 is 1.40 bits per heavy atom. The monoisotopic (exact) mass is 203 g/mol. The quantitative estimate of drug-likeness (QED) is 0.826. The van der Waals surface area contributed by atoms with E-state index in [-0.39, 0.29) is 0 Å². The number of para-hydroxylation sites is 1. The smallest absolute Gasteiger partial charge is 0.0711 e. The largest absolute Gasteiger partial charge is 0.330 e. The van der Waals surface area contributed by atoms with Gasteiger partial charge in [0.25, 0.3) is 0 Å². The molecule has 80 valence electrons. The van der Waals surface area contributed by atoms with Crippen molar-refractivity contribution in [3.63, 3.8) is 0 Å². The first-order valence-corrected chi connectivity index (χ1v) is 5.35. The molecule has 3 heteroatoms. The van der Waals surface area contributed by atoms with Crippen LogP contribution in [0.5, 0.6) is 0 Å². The SMILES string of the molecule is Cc1cccc2c(CCCN)nn(C)c12. The Kier molecular flexibility index (Phi) is 2.73. The summed E-state index contributed by atoms with van der Waals surface area (Å²) in [6.45, 7) is 2.85. The molecule has 0 amide bonds. The van der Waals surface area contributed by atoms with Crippen molar-refractivity contribution in [2.75, 3.05) is 6.54 Å². The molecule has 0 atom stereocenters. The van der Waals surface area contributed by atoms with Gasteiger partial charge < -0.3 is 5.73 Å². The summed E-state index contributed by atoms with van der Waals surface area (Å²) < 4.78 is 1.97. The maximum atomic E-state index is 5.52. The van der Waals surface area contributed by atoms with E-state index in [1.165, 1.54) is 22.2 Å². The first-order chi connectivity index (χ1) is 7.24. The number of nitrogens with zero attached hydrogens (tertiary/aromatic N) is 2. The number of rotatable bonds is 3. The van der Waals surface area contributed by atoms with Gasteiger partial charge in [0.05, 0.1) is 11.2 Å². The molecule has 0 aliphatic carbocycles. The van der Waals surface area contributed by atoms with Gasteiger partial charge in [0.15, 0.2) is 0 Å². The summed E-state index contributed by atoms with van der Waals surface area (Å²) in [7, 11) is 2.00. The highest BCUT2D eigenvalue weighted by molar-refractivity contribution is 5.84. The zero-order chi connectivity index (χ0) is 10.8. The highest BCUT2D eigenvalue weighted by Gasteiger charge is 2.08. The lowest BCUT2D eigenvalue weighted by molar-refractivity contribution is 0.738. The van der Waals surface area contributed by atoms with Crippen LogP contribution in [0.2, 0.25) is 0 Å². The summed E-state index contributed by atoms with van der Waals surface area (Å²) in [6, 6.07) is 6.35. The summed E-state index contributed by atoms with van der Waals surface area (Å²) in [5.41, 5.74) is 9.21. The molecule has 15 heavy (non-hydrogen) atoms. The van der Waals surface area contributed by atoms with Crippen LogP contribution in [0.25, 0.3) is 10.9 Å². The van der Waals surface area contributed by atoms with Crippen molar-refractivity contribution in [3.8, 4) is 0 Å². The van der Waals surface area contributed by atoms with Gasteiger partial charge in [-0.1, -0.05) is 18.2 Å². The second-order valence-corrected chi connectivity index (χ2v) is 3.93. The summed E-state index contributed by atoms with van der Waals surface area (Å²) in [5.74, 6) is 0. The number of nitrogens with two attached hydrogens (primary N) is 1. The van der Waals surface area contributed by atoms with Crippen molar-refractivity contribution in [1.82, 2.24) is 9.78 Å². The number of benzene rings is 1. The van der Waals surface area contributed by atoms with Crippen LogP contribution < -0.4 is 5.73 Å². The summed E-state index contributed by atoms with van der Waals surface area (Å²) >= 11 is 0. The Morgan fingerprint density at radius 2 is 2.20 bits per heavy atom. The van der Waals surface area contributed by atoms with E-state index in [1.54, 1.807) is 0 Å². The predicted molar refractivity (Wildman–Crippen MR) is 62.8 cm³/mol. The van der Waals surface area contributed by atoms with Crippen molar-refractivity contribution in [1.29, 1.82) is 0 Å². The van der Waals surface area contributed by atoms with Crippen molar-refractivity contribution in [3.05, 3.63) is 29.5 Å². The van der Waals surface area contributed by atoms with Gasteiger partial charge in [-0.25, -0.2) is 0 Å². The third kappa shape index (κ3) is 1.75. The molecule has 0 aliphatic heterocycles. The molecule has 2 N–H and O–H groups in total. The number of aromatic nitrogens is 2.